The van der Waals surface area contributed by atoms with E-state index in [1.54, 1.807) is 12.3 Å². The van der Waals surface area contributed by atoms with Crippen molar-refractivity contribution in [3.63, 3.8) is 0 Å². The van der Waals surface area contributed by atoms with E-state index in [4.69, 9.17) is 11.6 Å². The number of benzene rings is 1. The first-order valence-corrected chi connectivity index (χ1v) is 8.29. The average molecular weight is 332 g/mol. The number of rotatable bonds is 8. The van der Waals surface area contributed by atoms with Gasteiger partial charge in [0.25, 0.3) is 5.91 Å². The van der Waals surface area contributed by atoms with E-state index in [1.165, 1.54) is 5.56 Å². The van der Waals surface area contributed by atoms with Gasteiger partial charge < -0.3 is 10.6 Å². The van der Waals surface area contributed by atoms with Gasteiger partial charge in [-0.25, -0.2) is 4.98 Å². The summed E-state index contributed by atoms with van der Waals surface area (Å²) in [5.74, 6) is -0.119. The summed E-state index contributed by atoms with van der Waals surface area (Å²) in [4.78, 5) is 16.1. The van der Waals surface area contributed by atoms with Crippen molar-refractivity contribution in [1.29, 1.82) is 0 Å². The molecule has 2 N–H and O–H groups in total. The molecule has 1 aromatic heterocycles. The van der Waals surface area contributed by atoms with Gasteiger partial charge >= 0.3 is 0 Å². The third-order valence-electron chi connectivity index (χ3n) is 3.47. The Balaban J connectivity index is 1.78. The molecule has 23 heavy (non-hydrogen) atoms. The second-order valence-electron chi connectivity index (χ2n) is 5.34. The van der Waals surface area contributed by atoms with Crippen molar-refractivity contribution in [2.24, 2.45) is 0 Å². The van der Waals surface area contributed by atoms with Crippen molar-refractivity contribution < 1.29 is 4.79 Å². The molecular formula is C18H22ClN3O. The number of hydrogen-bond acceptors (Lipinski definition) is 3. The number of amides is 1. The lowest BCUT2D eigenvalue weighted by atomic mass is 10.1. The number of halogens is 1. The van der Waals surface area contributed by atoms with E-state index in [9.17, 15) is 4.79 Å². The first-order valence-electron chi connectivity index (χ1n) is 7.91. The molecule has 0 saturated carbocycles. The van der Waals surface area contributed by atoms with E-state index < -0.39 is 0 Å². The smallest absolute Gasteiger partial charge is 0.269 e. The molecule has 0 aliphatic rings. The SMILES string of the molecule is CCCCNC(=O)c1ccc(NCCc2ccc(Cl)cc2)cn1. The Morgan fingerprint density at radius 3 is 2.57 bits per heavy atom. The van der Waals surface area contributed by atoms with Gasteiger partial charge in [0.05, 0.1) is 11.9 Å². The Morgan fingerprint density at radius 1 is 1.13 bits per heavy atom. The van der Waals surface area contributed by atoms with Crippen molar-refractivity contribution >= 4 is 23.2 Å². The number of carbonyl (C=O) groups excluding carboxylic acids is 1. The van der Waals surface area contributed by atoms with Crippen molar-refractivity contribution in [3.8, 4) is 0 Å². The van der Waals surface area contributed by atoms with Gasteiger partial charge in [0.1, 0.15) is 5.69 Å². The van der Waals surface area contributed by atoms with Crippen LogP contribution < -0.4 is 10.6 Å². The van der Waals surface area contributed by atoms with Crippen LogP contribution in [0.1, 0.15) is 35.8 Å². The monoisotopic (exact) mass is 331 g/mol. The minimum atomic E-state index is -0.119. The molecule has 0 aliphatic heterocycles. The molecule has 2 rings (SSSR count). The standard InChI is InChI=1S/C18H22ClN3O/c1-2-3-11-21-18(23)17-9-8-16(13-22-17)20-12-10-14-4-6-15(19)7-5-14/h4-9,13,20H,2-3,10-12H2,1H3,(H,21,23). The molecule has 1 aromatic carbocycles. The molecule has 0 spiro atoms. The first-order chi connectivity index (χ1) is 11.2. The third-order valence-corrected chi connectivity index (χ3v) is 3.72. The highest BCUT2D eigenvalue weighted by Gasteiger charge is 2.05. The molecule has 0 radical (unpaired) electrons. The number of carbonyl (C=O) groups is 1. The molecule has 2 aromatic rings. The Kier molecular flexibility index (Phi) is 6.88. The second-order valence-corrected chi connectivity index (χ2v) is 5.78. The molecule has 0 bridgehead atoms. The zero-order valence-electron chi connectivity index (χ0n) is 13.3. The van der Waals surface area contributed by atoms with Crippen molar-refractivity contribution in [3.05, 3.63) is 58.9 Å². The van der Waals surface area contributed by atoms with E-state index in [1.807, 2.05) is 30.3 Å². The molecule has 0 saturated heterocycles. The second kappa shape index (κ2) is 9.16. The summed E-state index contributed by atoms with van der Waals surface area (Å²) >= 11 is 5.87. The maximum Gasteiger partial charge on any atom is 0.269 e. The van der Waals surface area contributed by atoms with Gasteiger partial charge in [0.2, 0.25) is 0 Å². The summed E-state index contributed by atoms with van der Waals surface area (Å²) in [6, 6.07) is 11.4. The van der Waals surface area contributed by atoms with Gasteiger partial charge in [-0.15, -0.1) is 0 Å². The van der Waals surface area contributed by atoms with Crippen LogP contribution in [0.15, 0.2) is 42.6 Å². The lowest BCUT2D eigenvalue weighted by Gasteiger charge is -2.08. The quantitative estimate of drug-likeness (QED) is 0.721. The fourth-order valence-corrected chi connectivity index (χ4v) is 2.23. The van der Waals surface area contributed by atoms with Gasteiger partial charge in [0.15, 0.2) is 0 Å². The molecule has 0 atom stereocenters. The Labute approximate surface area is 142 Å². The maximum absolute atomic E-state index is 11.9. The summed E-state index contributed by atoms with van der Waals surface area (Å²) in [6.45, 7) is 3.58. The predicted molar refractivity (Wildman–Crippen MR) is 95.1 cm³/mol. The fraction of sp³-hybridized carbons (Fsp3) is 0.333. The molecule has 0 unspecified atom stereocenters. The number of pyridine rings is 1. The molecule has 4 nitrogen and oxygen atoms in total. The normalized spacial score (nSPS) is 10.3. The number of unbranched alkanes of at least 4 members (excludes halogenated alkanes) is 1. The van der Waals surface area contributed by atoms with Crippen LogP contribution in [0.4, 0.5) is 5.69 Å². The van der Waals surface area contributed by atoms with E-state index in [0.29, 0.717) is 12.2 Å². The third kappa shape index (κ3) is 5.91. The lowest BCUT2D eigenvalue weighted by molar-refractivity contribution is 0.0948. The zero-order valence-corrected chi connectivity index (χ0v) is 14.1. The zero-order chi connectivity index (χ0) is 16.5. The highest BCUT2D eigenvalue weighted by molar-refractivity contribution is 6.30. The van der Waals surface area contributed by atoms with E-state index in [-0.39, 0.29) is 5.91 Å². The Morgan fingerprint density at radius 2 is 1.91 bits per heavy atom. The number of anilines is 1. The van der Waals surface area contributed by atoms with Crippen LogP contribution in [0, 0.1) is 0 Å². The molecular weight excluding hydrogens is 310 g/mol. The van der Waals surface area contributed by atoms with Crippen LogP contribution in [0.2, 0.25) is 5.02 Å². The summed E-state index contributed by atoms with van der Waals surface area (Å²) in [6.07, 6.45) is 4.63. The van der Waals surface area contributed by atoms with Gasteiger partial charge in [-0.05, 0) is 42.7 Å². The van der Waals surface area contributed by atoms with Crippen LogP contribution in [-0.4, -0.2) is 24.0 Å². The van der Waals surface area contributed by atoms with Gasteiger partial charge in [-0.3, -0.25) is 4.79 Å². The first kappa shape index (κ1) is 17.3. The number of hydrogen-bond donors (Lipinski definition) is 2. The number of nitrogens with zero attached hydrogens (tertiary/aromatic N) is 1. The molecule has 1 amide bonds. The largest absolute Gasteiger partial charge is 0.383 e. The van der Waals surface area contributed by atoms with Crippen LogP contribution in [0.25, 0.3) is 0 Å². The maximum atomic E-state index is 11.9. The van der Waals surface area contributed by atoms with Crippen molar-refractivity contribution in [2.75, 3.05) is 18.4 Å². The predicted octanol–water partition coefficient (Wildman–Crippen LogP) is 3.92. The summed E-state index contributed by atoms with van der Waals surface area (Å²) in [5, 5.41) is 6.90. The lowest BCUT2D eigenvalue weighted by Crippen LogP contribution is -2.25. The van der Waals surface area contributed by atoms with Crippen LogP contribution in [0.5, 0.6) is 0 Å². The molecule has 122 valence electrons. The van der Waals surface area contributed by atoms with Crippen molar-refractivity contribution in [1.82, 2.24) is 10.3 Å². The van der Waals surface area contributed by atoms with E-state index >= 15 is 0 Å². The molecule has 1 heterocycles. The van der Waals surface area contributed by atoms with Crippen LogP contribution >= 0.6 is 11.6 Å². The minimum Gasteiger partial charge on any atom is -0.383 e. The van der Waals surface area contributed by atoms with Gasteiger partial charge in [-0.1, -0.05) is 37.1 Å². The van der Waals surface area contributed by atoms with Crippen LogP contribution in [0.3, 0.4) is 0 Å². The molecule has 5 heteroatoms. The summed E-state index contributed by atoms with van der Waals surface area (Å²) in [5.41, 5.74) is 2.58. The van der Waals surface area contributed by atoms with Gasteiger partial charge in [-0.2, -0.15) is 0 Å². The fourth-order valence-electron chi connectivity index (χ4n) is 2.10. The minimum absolute atomic E-state index is 0.119. The number of nitrogens with one attached hydrogen (secondary N) is 2. The summed E-state index contributed by atoms with van der Waals surface area (Å²) < 4.78 is 0. The van der Waals surface area contributed by atoms with E-state index in [2.05, 4.69) is 22.5 Å². The van der Waals surface area contributed by atoms with Crippen LogP contribution in [-0.2, 0) is 6.42 Å². The average Bonchev–Trinajstić information content (AvgIpc) is 2.57. The van der Waals surface area contributed by atoms with Gasteiger partial charge in [0, 0.05) is 18.1 Å². The molecule has 0 aliphatic carbocycles. The van der Waals surface area contributed by atoms with Crippen molar-refractivity contribution in [2.45, 2.75) is 26.2 Å². The topological polar surface area (TPSA) is 54.0 Å². The highest BCUT2D eigenvalue weighted by atomic mass is 35.5. The Bertz CT molecular complexity index is 611. The van der Waals surface area contributed by atoms with E-state index in [0.717, 1.165) is 36.5 Å². The highest BCUT2D eigenvalue weighted by Crippen LogP contribution is 2.11. The molecule has 0 fully saturated rings. The Hall–Kier alpha value is -2.07. The number of aromatic nitrogens is 1. The summed E-state index contributed by atoms with van der Waals surface area (Å²) in [7, 11) is 0.